The summed E-state index contributed by atoms with van der Waals surface area (Å²) >= 11 is 1.47. The molecule has 0 atom stereocenters. The molecule has 0 unspecified atom stereocenters. The Bertz CT molecular complexity index is 970. The van der Waals surface area contributed by atoms with Gasteiger partial charge in [0, 0.05) is 29.5 Å². The number of fused-ring (bicyclic) bond motifs is 1. The van der Waals surface area contributed by atoms with Crippen LogP contribution in [0.3, 0.4) is 0 Å². The van der Waals surface area contributed by atoms with Crippen LogP contribution in [0.25, 0.3) is 11.0 Å². The third-order valence-corrected chi connectivity index (χ3v) is 6.03. The number of thiazole rings is 1. The van der Waals surface area contributed by atoms with Crippen LogP contribution < -0.4 is 5.32 Å². The number of carbonyl (C=O) groups excluding carboxylic acids is 1. The molecule has 0 spiro atoms. The predicted molar refractivity (Wildman–Crippen MR) is 112 cm³/mol. The van der Waals surface area contributed by atoms with Crippen molar-refractivity contribution in [2.75, 3.05) is 18.4 Å². The first kappa shape index (κ1) is 19.0. The van der Waals surface area contributed by atoms with Gasteiger partial charge in [0.05, 0.1) is 17.5 Å². The highest BCUT2D eigenvalue weighted by Crippen LogP contribution is 2.22. The normalized spacial score (nSPS) is 16.1. The van der Waals surface area contributed by atoms with E-state index in [-0.39, 0.29) is 11.9 Å². The first-order chi connectivity index (χ1) is 13.5. The van der Waals surface area contributed by atoms with E-state index in [1.165, 1.54) is 24.2 Å². The quantitative estimate of drug-likeness (QED) is 0.704. The van der Waals surface area contributed by atoms with Crippen molar-refractivity contribution in [1.82, 2.24) is 24.6 Å². The molecule has 1 amide bonds. The number of nitrogens with one attached hydrogen (secondary N) is 1. The van der Waals surface area contributed by atoms with Gasteiger partial charge in [-0.2, -0.15) is 5.10 Å². The highest BCUT2D eigenvalue weighted by Gasteiger charge is 2.18. The van der Waals surface area contributed by atoms with Gasteiger partial charge < -0.3 is 0 Å². The van der Waals surface area contributed by atoms with E-state index in [2.05, 4.69) is 46.1 Å². The Hall–Kier alpha value is -2.32. The van der Waals surface area contributed by atoms with Crippen molar-refractivity contribution in [3.63, 3.8) is 0 Å². The average Bonchev–Trinajstić information content (AvgIpc) is 3.29. The minimum Gasteiger partial charge on any atom is -0.298 e. The van der Waals surface area contributed by atoms with Crippen molar-refractivity contribution < 1.29 is 4.79 Å². The first-order valence-electron chi connectivity index (χ1n) is 9.81. The Balaban J connectivity index is 1.41. The van der Waals surface area contributed by atoms with E-state index in [9.17, 15) is 4.79 Å². The zero-order valence-electron chi connectivity index (χ0n) is 16.6. The number of likely N-dealkylation sites (tertiary alicyclic amines) is 1. The summed E-state index contributed by atoms with van der Waals surface area (Å²) in [4.78, 5) is 24.1. The monoisotopic (exact) mass is 398 g/mol. The van der Waals surface area contributed by atoms with Gasteiger partial charge >= 0.3 is 0 Å². The average molecular weight is 399 g/mol. The van der Waals surface area contributed by atoms with Crippen molar-refractivity contribution in [1.29, 1.82) is 0 Å². The standard InChI is InChI=1S/C20H26N6OS/c1-13(2)26-18-15(10-22-26)8-16(9-21-18)19(27)24-20-23-17(12-28-20)11-25-6-4-14(3)5-7-25/h8-10,12-14H,4-7,11H2,1-3H3,(H,23,24,27). The molecule has 0 aliphatic carbocycles. The van der Waals surface area contributed by atoms with E-state index in [0.717, 1.165) is 42.3 Å². The molecule has 1 fully saturated rings. The van der Waals surface area contributed by atoms with Crippen LogP contribution in [0.1, 0.15) is 55.7 Å². The molecule has 1 saturated heterocycles. The van der Waals surface area contributed by atoms with Gasteiger partial charge in [0.25, 0.3) is 5.91 Å². The summed E-state index contributed by atoms with van der Waals surface area (Å²) in [5.74, 6) is 0.625. The predicted octanol–water partition coefficient (Wildman–Crippen LogP) is 3.95. The Morgan fingerprint density at radius 1 is 1.32 bits per heavy atom. The summed E-state index contributed by atoms with van der Waals surface area (Å²) in [6.07, 6.45) is 5.84. The molecule has 7 nitrogen and oxygen atoms in total. The van der Waals surface area contributed by atoms with E-state index in [1.807, 2.05) is 16.1 Å². The van der Waals surface area contributed by atoms with Crippen LogP contribution in [0.2, 0.25) is 0 Å². The van der Waals surface area contributed by atoms with Crippen LogP contribution in [-0.4, -0.2) is 43.6 Å². The number of piperidine rings is 1. The molecule has 1 aliphatic rings. The van der Waals surface area contributed by atoms with E-state index >= 15 is 0 Å². The molecule has 0 aromatic carbocycles. The maximum Gasteiger partial charge on any atom is 0.259 e. The minimum absolute atomic E-state index is 0.195. The molecule has 8 heteroatoms. The maximum absolute atomic E-state index is 12.6. The molecule has 148 valence electrons. The van der Waals surface area contributed by atoms with Gasteiger partial charge in [0.2, 0.25) is 0 Å². The van der Waals surface area contributed by atoms with Crippen LogP contribution >= 0.6 is 11.3 Å². The molecule has 28 heavy (non-hydrogen) atoms. The number of hydrogen-bond acceptors (Lipinski definition) is 6. The molecule has 0 saturated carbocycles. The van der Waals surface area contributed by atoms with Crippen LogP contribution in [0.5, 0.6) is 0 Å². The Morgan fingerprint density at radius 3 is 2.86 bits per heavy atom. The molecule has 1 N–H and O–H groups in total. The highest BCUT2D eigenvalue weighted by molar-refractivity contribution is 7.14. The van der Waals surface area contributed by atoms with E-state index in [1.54, 1.807) is 12.4 Å². The lowest BCUT2D eigenvalue weighted by molar-refractivity contribution is 0.102. The topological polar surface area (TPSA) is 75.9 Å². The second-order valence-corrected chi connectivity index (χ2v) is 8.73. The van der Waals surface area contributed by atoms with Crippen molar-refractivity contribution in [2.24, 2.45) is 5.92 Å². The molecular weight excluding hydrogens is 372 g/mol. The Kier molecular flexibility index (Phi) is 5.41. The smallest absolute Gasteiger partial charge is 0.259 e. The molecule has 3 aromatic rings. The van der Waals surface area contributed by atoms with Crippen LogP contribution in [0.15, 0.2) is 23.8 Å². The Labute approximate surface area is 168 Å². The van der Waals surface area contributed by atoms with E-state index < -0.39 is 0 Å². The van der Waals surface area contributed by atoms with E-state index in [0.29, 0.717) is 10.7 Å². The molecular formula is C20H26N6OS. The molecule has 4 heterocycles. The Morgan fingerprint density at radius 2 is 2.11 bits per heavy atom. The first-order valence-corrected chi connectivity index (χ1v) is 10.7. The summed E-state index contributed by atoms with van der Waals surface area (Å²) < 4.78 is 1.85. The van der Waals surface area contributed by atoms with Crippen LogP contribution in [-0.2, 0) is 6.54 Å². The second kappa shape index (κ2) is 7.97. The lowest BCUT2D eigenvalue weighted by atomic mass is 9.99. The summed E-state index contributed by atoms with van der Waals surface area (Å²) in [5.41, 5.74) is 2.32. The van der Waals surface area contributed by atoms with Gasteiger partial charge in [-0.05, 0) is 51.8 Å². The third-order valence-electron chi connectivity index (χ3n) is 5.22. The summed E-state index contributed by atoms with van der Waals surface area (Å²) in [5, 5.41) is 10.8. The van der Waals surface area contributed by atoms with Crippen molar-refractivity contribution in [3.8, 4) is 0 Å². The SMILES string of the molecule is CC1CCN(Cc2csc(NC(=O)c3cnc4c(cnn4C(C)C)c3)n2)CC1. The molecule has 3 aromatic heterocycles. The van der Waals surface area contributed by atoms with Crippen molar-refractivity contribution in [3.05, 3.63) is 35.1 Å². The van der Waals surface area contributed by atoms with Crippen molar-refractivity contribution in [2.45, 2.75) is 46.2 Å². The third kappa shape index (κ3) is 4.07. The van der Waals surface area contributed by atoms with Gasteiger partial charge in [0.1, 0.15) is 0 Å². The number of pyridine rings is 1. The summed E-state index contributed by atoms with van der Waals surface area (Å²) in [6, 6.07) is 2.05. The lowest BCUT2D eigenvalue weighted by Gasteiger charge is -2.29. The fraction of sp³-hybridized carbons (Fsp3) is 0.500. The van der Waals surface area contributed by atoms with Gasteiger partial charge in [-0.1, -0.05) is 6.92 Å². The largest absolute Gasteiger partial charge is 0.298 e. The minimum atomic E-state index is -0.195. The van der Waals surface area contributed by atoms with Gasteiger partial charge in [-0.25, -0.2) is 14.6 Å². The molecule has 1 aliphatic heterocycles. The second-order valence-electron chi connectivity index (χ2n) is 7.88. The summed E-state index contributed by atoms with van der Waals surface area (Å²) in [7, 11) is 0. The number of nitrogens with zero attached hydrogens (tertiary/aromatic N) is 5. The van der Waals surface area contributed by atoms with Crippen LogP contribution in [0.4, 0.5) is 5.13 Å². The number of amides is 1. The van der Waals surface area contributed by atoms with Gasteiger partial charge in [-0.15, -0.1) is 11.3 Å². The zero-order valence-corrected chi connectivity index (χ0v) is 17.4. The number of hydrogen-bond donors (Lipinski definition) is 1. The van der Waals surface area contributed by atoms with Crippen molar-refractivity contribution >= 4 is 33.4 Å². The highest BCUT2D eigenvalue weighted by atomic mass is 32.1. The maximum atomic E-state index is 12.6. The fourth-order valence-electron chi connectivity index (χ4n) is 3.50. The fourth-order valence-corrected chi connectivity index (χ4v) is 4.19. The summed E-state index contributed by atoms with van der Waals surface area (Å²) in [6.45, 7) is 9.51. The molecule has 0 bridgehead atoms. The molecule has 4 rings (SSSR count). The lowest BCUT2D eigenvalue weighted by Crippen LogP contribution is -2.32. The number of rotatable bonds is 5. The number of carbonyl (C=O) groups is 1. The number of anilines is 1. The van der Waals surface area contributed by atoms with Gasteiger partial charge in [0.15, 0.2) is 10.8 Å². The number of aromatic nitrogens is 4. The van der Waals surface area contributed by atoms with Crippen LogP contribution in [0, 0.1) is 5.92 Å². The molecule has 0 radical (unpaired) electrons. The zero-order chi connectivity index (χ0) is 19.7. The van der Waals surface area contributed by atoms with E-state index in [4.69, 9.17) is 0 Å². The van der Waals surface area contributed by atoms with Gasteiger partial charge in [-0.3, -0.25) is 15.0 Å².